The molecular formula is C10H9Br2ClN4O3. The van der Waals surface area contributed by atoms with Gasteiger partial charge in [-0.15, -0.1) is 12.4 Å². The number of carbonyl (C=O) groups excluding carboxylic acids is 1. The highest BCUT2D eigenvalue weighted by Gasteiger charge is 2.29. The molecule has 7 nitrogen and oxygen atoms in total. The minimum absolute atomic E-state index is 0. The van der Waals surface area contributed by atoms with Crippen molar-refractivity contribution in [3.8, 4) is 0 Å². The Hall–Kier alpha value is -1.32. The van der Waals surface area contributed by atoms with E-state index in [0.29, 0.717) is 14.8 Å². The van der Waals surface area contributed by atoms with E-state index in [4.69, 9.17) is 5.73 Å². The summed E-state index contributed by atoms with van der Waals surface area (Å²) in [6.45, 7) is 0. The highest BCUT2D eigenvalue weighted by atomic mass is 79.9. The van der Waals surface area contributed by atoms with E-state index in [-0.39, 0.29) is 18.1 Å². The minimum Gasteiger partial charge on any atom is -0.477 e. The summed E-state index contributed by atoms with van der Waals surface area (Å²) in [5, 5.41) is 9.19. The molecule has 2 aromatic heterocycles. The lowest BCUT2D eigenvalue weighted by atomic mass is 10.2. The number of hydrogen-bond acceptors (Lipinski definition) is 3. The Kier molecular flexibility index (Phi) is 5.37. The number of amides is 1. The number of nitrogens with zero attached hydrogens (tertiary/aromatic N) is 2. The van der Waals surface area contributed by atoms with Crippen molar-refractivity contribution in [1.29, 1.82) is 0 Å². The maximum atomic E-state index is 11.7. The Balaban J connectivity index is 0.00000200. The number of halogens is 3. The predicted molar refractivity (Wildman–Crippen MR) is 80.0 cm³/mol. The molecule has 108 valence electrons. The lowest BCUT2D eigenvalue weighted by Gasteiger charge is -2.16. The number of rotatable bonds is 4. The van der Waals surface area contributed by atoms with Gasteiger partial charge in [0.1, 0.15) is 10.3 Å². The number of aromatic carboxylic acids is 1. The number of carbonyl (C=O) groups is 2. The first-order valence-electron chi connectivity index (χ1n) is 5.01. The number of carboxylic acids is 1. The molecule has 1 unspecified atom stereocenters. The van der Waals surface area contributed by atoms with Gasteiger partial charge in [0.25, 0.3) is 0 Å². The SMILES string of the molecule is Cl.NC(=O)C(c1c[nH]cn1)n1c(C(=O)O)cc(Br)c1Br. The molecule has 0 aliphatic carbocycles. The molecule has 2 heterocycles. The first kappa shape index (κ1) is 16.7. The number of H-pyrrole nitrogens is 1. The van der Waals surface area contributed by atoms with Crippen molar-refractivity contribution in [1.82, 2.24) is 14.5 Å². The molecule has 10 heteroatoms. The zero-order valence-electron chi connectivity index (χ0n) is 9.71. The van der Waals surface area contributed by atoms with Gasteiger partial charge >= 0.3 is 5.97 Å². The summed E-state index contributed by atoms with van der Waals surface area (Å²) in [4.78, 5) is 29.6. The smallest absolute Gasteiger partial charge is 0.352 e. The lowest BCUT2D eigenvalue weighted by Crippen LogP contribution is -2.30. The van der Waals surface area contributed by atoms with Gasteiger partial charge in [-0.2, -0.15) is 0 Å². The van der Waals surface area contributed by atoms with E-state index in [2.05, 4.69) is 41.8 Å². The van der Waals surface area contributed by atoms with E-state index < -0.39 is 17.9 Å². The van der Waals surface area contributed by atoms with Crippen LogP contribution in [0.1, 0.15) is 22.2 Å². The van der Waals surface area contributed by atoms with E-state index in [1.165, 1.54) is 23.2 Å². The number of carboxylic acid groups (broad SMARTS) is 1. The second-order valence-corrected chi connectivity index (χ2v) is 5.25. The van der Waals surface area contributed by atoms with Gasteiger partial charge in [-0.25, -0.2) is 9.78 Å². The molecule has 4 N–H and O–H groups in total. The maximum absolute atomic E-state index is 11.7. The highest BCUT2D eigenvalue weighted by molar-refractivity contribution is 9.13. The van der Waals surface area contributed by atoms with Crippen LogP contribution in [0, 0.1) is 0 Å². The van der Waals surface area contributed by atoms with Crippen molar-refractivity contribution in [2.24, 2.45) is 5.73 Å². The first-order valence-corrected chi connectivity index (χ1v) is 6.59. The number of nitrogens with one attached hydrogen (secondary N) is 1. The lowest BCUT2D eigenvalue weighted by molar-refractivity contribution is -0.120. The second kappa shape index (κ2) is 6.42. The van der Waals surface area contributed by atoms with Gasteiger partial charge in [0.05, 0.1) is 16.5 Å². The molecule has 1 amide bonds. The fourth-order valence-electron chi connectivity index (χ4n) is 1.71. The number of imidazole rings is 1. The van der Waals surface area contributed by atoms with E-state index >= 15 is 0 Å². The van der Waals surface area contributed by atoms with E-state index in [1.54, 1.807) is 0 Å². The summed E-state index contributed by atoms with van der Waals surface area (Å²) in [5.41, 5.74) is 5.62. The Morgan fingerprint density at radius 3 is 2.55 bits per heavy atom. The van der Waals surface area contributed by atoms with E-state index in [0.717, 1.165) is 0 Å². The fourth-order valence-corrected chi connectivity index (χ4v) is 2.63. The molecule has 0 fully saturated rings. The molecule has 0 saturated carbocycles. The Morgan fingerprint density at radius 2 is 2.10 bits per heavy atom. The third-order valence-corrected chi connectivity index (χ3v) is 4.42. The van der Waals surface area contributed by atoms with Crippen LogP contribution in [0.15, 0.2) is 27.7 Å². The summed E-state index contributed by atoms with van der Waals surface area (Å²) in [5.74, 6) is -1.88. The van der Waals surface area contributed by atoms with E-state index in [9.17, 15) is 14.7 Å². The van der Waals surface area contributed by atoms with E-state index in [1.807, 2.05) is 0 Å². The second-order valence-electron chi connectivity index (χ2n) is 3.64. The highest BCUT2D eigenvalue weighted by Crippen LogP contribution is 2.32. The van der Waals surface area contributed by atoms with Crippen molar-refractivity contribution in [3.63, 3.8) is 0 Å². The molecule has 0 spiro atoms. The molecule has 1 atom stereocenters. The Morgan fingerprint density at radius 1 is 1.45 bits per heavy atom. The molecule has 2 aromatic rings. The zero-order valence-corrected chi connectivity index (χ0v) is 13.7. The topological polar surface area (TPSA) is 114 Å². The van der Waals surface area contributed by atoms with Crippen LogP contribution in [-0.4, -0.2) is 31.5 Å². The molecular weight excluding hydrogens is 419 g/mol. The van der Waals surface area contributed by atoms with Crippen LogP contribution in [0.25, 0.3) is 0 Å². The average Bonchev–Trinajstić information content (AvgIpc) is 2.92. The van der Waals surface area contributed by atoms with Crippen LogP contribution < -0.4 is 5.73 Å². The molecule has 0 aliphatic rings. The van der Waals surface area contributed by atoms with Gasteiger partial charge in [-0.1, -0.05) is 0 Å². The zero-order chi connectivity index (χ0) is 14.2. The van der Waals surface area contributed by atoms with Gasteiger partial charge in [-0.3, -0.25) is 4.79 Å². The third-order valence-electron chi connectivity index (χ3n) is 2.48. The molecule has 0 saturated heterocycles. The van der Waals surface area contributed by atoms with Crippen LogP contribution in [0.5, 0.6) is 0 Å². The summed E-state index contributed by atoms with van der Waals surface area (Å²) >= 11 is 6.44. The number of primary amides is 1. The van der Waals surface area contributed by atoms with Crippen molar-refractivity contribution >= 4 is 56.1 Å². The molecule has 0 aromatic carbocycles. The monoisotopic (exact) mass is 426 g/mol. The summed E-state index contributed by atoms with van der Waals surface area (Å²) in [6.07, 6.45) is 2.87. The summed E-state index contributed by atoms with van der Waals surface area (Å²) in [6, 6.07) is 0.368. The van der Waals surface area contributed by atoms with Crippen LogP contribution in [0.2, 0.25) is 0 Å². The normalized spacial score (nSPS) is 11.7. The fraction of sp³-hybridized carbons (Fsp3) is 0.100. The van der Waals surface area contributed by atoms with Crippen molar-refractivity contribution in [2.45, 2.75) is 6.04 Å². The van der Waals surface area contributed by atoms with Gasteiger partial charge < -0.3 is 20.4 Å². The maximum Gasteiger partial charge on any atom is 0.352 e. The van der Waals surface area contributed by atoms with Gasteiger partial charge in [-0.05, 0) is 37.9 Å². The minimum atomic E-state index is -1.17. The van der Waals surface area contributed by atoms with Crippen LogP contribution >= 0.6 is 44.3 Å². The molecule has 20 heavy (non-hydrogen) atoms. The summed E-state index contributed by atoms with van der Waals surface area (Å²) in [7, 11) is 0. The van der Waals surface area contributed by atoms with Crippen LogP contribution in [0.3, 0.4) is 0 Å². The molecule has 0 radical (unpaired) electrons. The van der Waals surface area contributed by atoms with Crippen molar-refractivity contribution in [3.05, 3.63) is 39.1 Å². The van der Waals surface area contributed by atoms with Crippen molar-refractivity contribution in [2.75, 3.05) is 0 Å². The summed E-state index contributed by atoms with van der Waals surface area (Å²) < 4.78 is 2.17. The Labute approximate surface area is 136 Å². The largest absolute Gasteiger partial charge is 0.477 e. The molecule has 0 aliphatic heterocycles. The Bertz CT molecular complexity index is 641. The standard InChI is InChI=1S/C10H8Br2N4O3.ClH/c11-4-1-6(10(18)19)16(8(4)12)7(9(13)17)5-2-14-3-15-5;/h1-3,7H,(H2,13,17)(H,14,15)(H,18,19);1H. The third kappa shape index (κ3) is 2.89. The predicted octanol–water partition coefficient (Wildman–Crippen LogP) is 1.93. The quantitative estimate of drug-likeness (QED) is 0.690. The number of aromatic amines is 1. The number of aromatic nitrogens is 3. The number of hydrogen-bond donors (Lipinski definition) is 3. The number of nitrogens with two attached hydrogens (primary N) is 1. The van der Waals surface area contributed by atoms with Gasteiger partial charge in [0.2, 0.25) is 5.91 Å². The molecule has 0 bridgehead atoms. The van der Waals surface area contributed by atoms with Gasteiger partial charge in [0.15, 0.2) is 6.04 Å². The average molecular weight is 428 g/mol. The first-order chi connectivity index (χ1) is 8.93. The van der Waals surface area contributed by atoms with Crippen molar-refractivity contribution < 1.29 is 14.7 Å². The van der Waals surface area contributed by atoms with Gasteiger partial charge in [0, 0.05) is 6.20 Å². The van der Waals surface area contributed by atoms with Crippen LogP contribution in [0.4, 0.5) is 0 Å². The van der Waals surface area contributed by atoms with Crippen LogP contribution in [-0.2, 0) is 4.79 Å². The molecule has 2 rings (SSSR count).